The van der Waals surface area contributed by atoms with Crippen LogP contribution in [-0.4, -0.2) is 66.1 Å². The summed E-state index contributed by atoms with van der Waals surface area (Å²) in [6.07, 6.45) is 0. The number of rotatable bonds is 0. The molecule has 0 aromatic heterocycles. The van der Waals surface area contributed by atoms with E-state index in [2.05, 4.69) is 0 Å². The fourth-order valence-electron chi connectivity index (χ4n) is 0. The summed E-state index contributed by atoms with van der Waals surface area (Å²) in [6.45, 7) is 0. The van der Waals surface area contributed by atoms with Crippen molar-refractivity contribution >= 4 is 59.2 Å². The Kier molecular flexibility index (Phi) is 17.6. The Morgan fingerprint density at radius 3 is 1.14 bits per heavy atom. The molecule has 0 aliphatic heterocycles. The van der Waals surface area contributed by atoms with Gasteiger partial charge in [0.25, 0.3) is 0 Å². The molecule has 0 aromatic rings. The SMILES string of the molecule is O=P(O)(O)O.[KH].[Yb]. The van der Waals surface area contributed by atoms with Gasteiger partial charge in [-0.1, -0.05) is 0 Å². The molecule has 0 atom stereocenters. The summed E-state index contributed by atoms with van der Waals surface area (Å²) in [6, 6.07) is 0. The minimum absolute atomic E-state index is 0. The van der Waals surface area contributed by atoms with Gasteiger partial charge in [0, 0.05) is 46.9 Å². The van der Waals surface area contributed by atoms with Crippen molar-refractivity contribution in [3.05, 3.63) is 0 Å². The Morgan fingerprint density at radius 1 is 1.14 bits per heavy atom. The predicted molar refractivity (Wildman–Crippen MR) is 21.4 cm³/mol. The van der Waals surface area contributed by atoms with Crippen LogP contribution in [-0.2, 0) is 4.57 Å². The molecule has 0 aliphatic carbocycles. The fourth-order valence-corrected chi connectivity index (χ4v) is 0. The van der Waals surface area contributed by atoms with E-state index in [0.29, 0.717) is 0 Å². The van der Waals surface area contributed by atoms with Crippen molar-refractivity contribution in [2.75, 3.05) is 0 Å². The van der Waals surface area contributed by atoms with E-state index in [1.165, 1.54) is 0 Å². The van der Waals surface area contributed by atoms with Crippen LogP contribution in [0.3, 0.4) is 0 Å². The molecule has 0 amide bonds. The maximum Gasteiger partial charge on any atom is 0 e. The van der Waals surface area contributed by atoms with E-state index in [9.17, 15) is 0 Å². The molecule has 7 heavy (non-hydrogen) atoms. The van der Waals surface area contributed by atoms with E-state index in [4.69, 9.17) is 19.2 Å². The van der Waals surface area contributed by atoms with Crippen molar-refractivity contribution in [2.24, 2.45) is 0 Å². The van der Waals surface area contributed by atoms with Gasteiger partial charge in [-0.3, -0.25) is 0 Å². The van der Waals surface area contributed by atoms with Crippen molar-refractivity contribution in [1.29, 1.82) is 0 Å². The van der Waals surface area contributed by atoms with Crippen molar-refractivity contribution in [3.63, 3.8) is 0 Å². The number of phosphoric acid groups is 1. The predicted octanol–water partition coefficient (Wildman–Crippen LogP) is -1.58. The third-order valence-corrected chi connectivity index (χ3v) is 0. The van der Waals surface area contributed by atoms with Gasteiger partial charge in [-0.25, -0.2) is 4.57 Å². The van der Waals surface area contributed by atoms with E-state index >= 15 is 0 Å². The topological polar surface area (TPSA) is 77.8 Å². The van der Waals surface area contributed by atoms with Gasteiger partial charge in [0.05, 0.1) is 0 Å². The molecule has 0 saturated carbocycles. The molecule has 0 unspecified atom stereocenters. The first-order chi connectivity index (χ1) is 2.00. The van der Waals surface area contributed by atoms with Crippen LogP contribution in [0, 0.1) is 46.9 Å². The first-order valence-electron chi connectivity index (χ1n) is 0.783. The monoisotopic (exact) mass is 312 g/mol. The third kappa shape index (κ3) is 45.9. The molecule has 7 heteroatoms. The van der Waals surface area contributed by atoms with Gasteiger partial charge in [0.1, 0.15) is 0 Å². The van der Waals surface area contributed by atoms with E-state index < -0.39 is 7.82 Å². The molecule has 0 spiro atoms. The summed E-state index contributed by atoms with van der Waals surface area (Å²) in [5.41, 5.74) is 0. The van der Waals surface area contributed by atoms with Crippen LogP contribution >= 0.6 is 7.82 Å². The Hall–Kier alpha value is 3.27. The maximum absolute atomic E-state index is 8.88. The molecule has 0 aliphatic rings. The molecule has 0 rings (SSSR count). The summed E-state index contributed by atoms with van der Waals surface area (Å²) < 4.78 is 8.88. The van der Waals surface area contributed by atoms with Crippen LogP contribution in [0.4, 0.5) is 0 Å². The molecule has 0 bridgehead atoms. The van der Waals surface area contributed by atoms with Crippen molar-refractivity contribution < 1.29 is 66.2 Å². The molecular formula is H4KO4PYb. The second-order valence-corrected chi connectivity index (χ2v) is 1.54. The van der Waals surface area contributed by atoms with Gasteiger partial charge < -0.3 is 14.7 Å². The second kappa shape index (κ2) is 7.37. The number of hydrogen-bond donors (Lipinski definition) is 3. The standard InChI is InChI=1S/K.H3O4P.Yb.H/c;1-5(2,3)4;;/h;(H3,1,2,3,4);;. The summed E-state index contributed by atoms with van der Waals surface area (Å²) >= 11 is 0. The summed E-state index contributed by atoms with van der Waals surface area (Å²) in [7, 11) is -4.64. The largest absolute Gasteiger partial charge is 0 e. The molecule has 0 saturated heterocycles. The zero-order valence-corrected chi connectivity index (χ0v) is 5.07. The van der Waals surface area contributed by atoms with Crippen LogP contribution < -0.4 is 0 Å². The normalized spacial score (nSPS) is 8.43. The Morgan fingerprint density at radius 2 is 1.14 bits per heavy atom. The first kappa shape index (κ1) is 16.7. The Labute approximate surface area is 122 Å². The van der Waals surface area contributed by atoms with Gasteiger partial charge in [0.15, 0.2) is 0 Å². The first-order valence-corrected chi connectivity index (χ1v) is 2.35. The van der Waals surface area contributed by atoms with E-state index in [1.54, 1.807) is 0 Å². The van der Waals surface area contributed by atoms with Crippen molar-refractivity contribution in [2.45, 2.75) is 0 Å². The van der Waals surface area contributed by atoms with E-state index in [-0.39, 0.29) is 98.3 Å². The van der Waals surface area contributed by atoms with Crippen molar-refractivity contribution in [3.8, 4) is 0 Å². The molecule has 0 heterocycles. The third-order valence-electron chi connectivity index (χ3n) is 0. The maximum atomic E-state index is 8.88. The fraction of sp³-hybridized carbons (Fsp3) is 0. The average Bonchev–Trinajstić information content (AvgIpc) is 0.722. The molecule has 4 nitrogen and oxygen atoms in total. The molecule has 48 valence electrons. The smallest absolute Gasteiger partial charge is 0 e. The van der Waals surface area contributed by atoms with Gasteiger partial charge in [-0.15, -0.1) is 0 Å². The Balaban J connectivity index is -0.0000000800. The van der Waals surface area contributed by atoms with Crippen LogP contribution in [0.25, 0.3) is 0 Å². The Bertz CT molecular complexity index is 57.8. The average molecular weight is 311 g/mol. The molecule has 3 N–H and O–H groups in total. The quantitative estimate of drug-likeness (QED) is 0.373. The van der Waals surface area contributed by atoms with Crippen LogP contribution in [0.1, 0.15) is 0 Å². The molecule has 0 radical (unpaired) electrons. The number of hydrogen-bond acceptors (Lipinski definition) is 1. The van der Waals surface area contributed by atoms with Gasteiger partial charge in [0.2, 0.25) is 0 Å². The minimum Gasteiger partial charge on any atom is 0 e. The molecular weight excluding hydrogens is 307 g/mol. The van der Waals surface area contributed by atoms with Gasteiger partial charge in [-0.2, -0.15) is 0 Å². The molecule has 0 aromatic carbocycles. The van der Waals surface area contributed by atoms with Gasteiger partial charge >= 0.3 is 59.2 Å². The summed E-state index contributed by atoms with van der Waals surface area (Å²) in [5.74, 6) is 0. The minimum atomic E-state index is -4.64. The zero-order chi connectivity index (χ0) is 4.50. The van der Waals surface area contributed by atoms with E-state index in [0.717, 1.165) is 0 Å². The van der Waals surface area contributed by atoms with Gasteiger partial charge in [-0.05, 0) is 0 Å². The second-order valence-electron chi connectivity index (χ2n) is 0.513. The summed E-state index contributed by atoms with van der Waals surface area (Å²) in [4.78, 5) is 21.6. The van der Waals surface area contributed by atoms with Crippen LogP contribution in [0.2, 0.25) is 0 Å². The zero-order valence-electron chi connectivity index (χ0n) is 2.46. The molecule has 0 fully saturated rings. The van der Waals surface area contributed by atoms with Crippen molar-refractivity contribution in [1.82, 2.24) is 0 Å². The van der Waals surface area contributed by atoms with Crippen LogP contribution in [0.5, 0.6) is 0 Å². The van der Waals surface area contributed by atoms with Crippen LogP contribution in [0.15, 0.2) is 0 Å². The summed E-state index contributed by atoms with van der Waals surface area (Å²) in [5, 5.41) is 0. The van der Waals surface area contributed by atoms with E-state index in [1.807, 2.05) is 0 Å².